The predicted molar refractivity (Wildman–Crippen MR) is 68.0 cm³/mol. The molecule has 0 fully saturated rings. The first-order valence-corrected chi connectivity index (χ1v) is 6.05. The van der Waals surface area contributed by atoms with Crippen molar-refractivity contribution in [3.05, 3.63) is 40.6 Å². The second-order valence-electron chi connectivity index (χ2n) is 4.00. The molecule has 1 aromatic carbocycles. The SMILES string of the molecule is NC1C=CC(C(=O)Nc2cc(Br)ccc2F)C1. The highest BCUT2D eigenvalue weighted by Crippen LogP contribution is 2.23. The van der Waals surface area contributed by atoms with Crippen molar-refractivity contribution in [2.24, 2.45) is 11.7 Å². The van der Waals surface area contributed by atoms with E-state index < -0.39 is 5.82 Å². The smallest absolute Gasteiger partial charge is 0.231 e. The van der Waals surface area contributed by atoms with E-state index in [9.17, 15) is 9.18 Å². The van der Waals surface area contributed by atoms with E-state index in [1.54, 1.807) is 18.2 Å². The molecule has 0 heterocycles. The summed E-state index contributed by atoms with van der Waals surface area (Å²) in [5.41, 5.74) is 5.84. The van der Waals surface area contributed by atoms with Gasteiger partial charge in [0.25, 0.3) is 0 Å². The highest BCUT2D eigenvalue weighted by molar-refractivity contribution is 9.10. The van der Waals surface area contributed by atoms with E-state index in [2.05, 4.69) is 21.2 Å². The summed E-state index contributed by atoms with van der Waals surface area (Å²) < 4.78 is 14.1. The van der Waals surface area contributed by atoms with Crippen LogP contribution in [0, 0.1) is 11.7 Å². The van der Waals surface area contributed by atoms with Crippen LogP contribution in [0.25, 0.3) is 0 Å². The molecule has 3 nitrogen and oxygen atoms in total. The molecule has 3 N–H and O–H groups in total. The summed E-state index contributed by atoms with van der Waals surface area (Å²) in [5, 5.41) is 2.56. The monoisotopic (exact) mass is 298 g/mol. The minimum Gasteiger partial charge on any atom is -0.324 e. The average Bonchev–Trinajstić information content (AvgIpc) is 2.70. The number of carbonyl (C=O) groups excluding carboxylic acids is 1. The van der Waals surface area contributed by atoms with Crippen molar-refractivity contribution < 1.29 is 9.18 Å². The number of rotatable bonds is 2. The third-order valence-electron chi connectivity index (χ3n) is 2.64. The molecule has 0 saturated carbocycles. The molecule has 0 aliphatic heterocycles. The molecule has 0 bridgehead atoms. The van der Waals surface area contributed by atoms with Gasteiger partial charge >= 0.3 is 0 Å². The van der Waals surface area contributed by atoms with E-state index in [0.717, 1.165) is 0 Å². The highest BCUT2D eigenvalue weighted by atomic mass is 79.9. The molecule has 0 aromatic heterocycles. The molecule has 17 heavy (non-hydrogen) atoms. The third kappa shape index (κ3) is 2.92. The van der Waals surface area contributed by atoms with Crippen LogP contribution < -0.4 is 11.1 Å². The van der Waals surface area contributed by atoms with Crippen LogP contribution in [0.5, 0.6) is 0 Å². The summed E-state index contributed by atoms with van der Waals surface area (Å²) in [6.07, 6.45) is 4.12. The van der Waals surface area contributed by atoms with Crippen LogP contribution in [0.3, 0.4) is 0 Å². The number of hydrogen-bond acceptors (Lipinski definition) is 2. The standard InChI is InChI=1S/C12H12BrFN2O/c13-8-2-4-10(14)11(6-8)16-12(17)7-1-3-9(15)5-7/h1-4,6-7,9H,5,15H2,(H,16,17). The number of anilines is 1. The highest BCUT2D eigenvalue weighted by Gasteiger charge is 2.23. The van der Waals surface area contributed by atoms with Gasteiger partial charge < -0.3 is 11.1 Å². The van der Waals surface area contributed by atoms with Crippen LogP contribution in [0.15, 0.2) is 34.8 Å². The number of hydrogen-bond donors (Lipinski definition) is 2. The molecule has 1 aliphatic carbocycles. The lowest BCUT2D eigenvalue weighted by atomic mass is 10.1. The Morgan fingerprint density at radius 2 is 2.24 bits per heavy atom. The second kappa shape index (κ2) is 4.98. The summed E-state index contributed by atoms with van der Waals surface area (Å²) in [4.78, 5) is 11.8. The molecule has 90 valence electrons. The Bertz CT molecular complexity index is 476. The second-order valence-corrected chi connectivity index (χ2v) is 4.92. The minimum atomic E-state index is -0.451. The molecule has 1 aliphatic rings. The number of halogens is 2. The molecule has 2 rings (SSSR count). The van der Waals surface area contributed by atoms with Gasteiger partial charge in [-0.15, -0.1) is 0 Å². The molecule has 1 aromatic rings. The number of benzene rings is 1. The average molecular weight is 299 g/mol. The maximum atomic E-state index is 13.4. The topological polar surface area (TPSA) is 55.1 Å². The number of amides is 1. The lowest BCUT2D eigenvalue weighted by molar-refractivity contribution is -0.118. The molecular formula is C12H12BrFN2O. The summed E-state index contributed by atoms with van der Waals surface area (Å²) in [6, 6.07) is 4.33. The van der Waals surface area contributed by atoms with E-state index in [1.165, 1.54) is 12.1 Å². The van der Waals surface area contributed by atoms with Crippen molar-refractivity contribution >= 4 is 27.5 Å². The Balaban J connectivity index is 2.08. The van der Waals surface area contributed by atoms with Crippen molar-refractivity contribution in [3.63, 3.8) is 0 Å². The Labute approximate surface area is 107 Å². The first kappa shape index (κ1) is 12.3. The van der Waals surface area contributed by atoms with Gasteiger partial charge in [-0.05, 0) is 24.6 Å². The molecule has 0 spiro atoms. The van der Waals surface area contributed by atoms with E-state index in [1.807, 2.05) is 0 Å². The van der Waals surface area contributed by atoms with Crippen LogP contribution in [0.4, 0.5) is 10.1 Å². The molecule has 2 unspecified atom stereocenters. The fraction of sp³-hybridized carbons (Fsp3) is 0.250. The maximum Gasteiger partial charge on any atom is 0.231 e. The lowest BCUT2D eigenvalue weighted by Gasteiger charge is -2.11. The summed E-state index contributed by atoms with van der Waals surface area (Å²) >= 11 is 3.23. The zero-order chi connectivity index (χ0) is 12.4. The molecule has 2 atom stereocenters. The predicted octanol–water partition coefficient (Wildman–Crippen LogP) is 2.43. The van der Waals surface area contributed by atoms with Crippen LogP contribution in [-0.4, -0.2) is 11.9 Å². The first-order chi connectivity index (χ1) is 8.06. The molecule has 0 saturated heterocycles. The van der Waals surface area contributed by atoms with Gasteiger partial charge in [0.15, 0.2) is 0 Å². The van der Waals surface area contributed by atoms with Crippen molar-refractivity contribution in [1.82, 2.24) is 0 Å². The van der Waals surface area contributed by atoms with Gasteiger partial charge in [0.05, 0.1) is 11.6 Å². The van der Waals surface area contributed by atoms with Gasteiger partial charge in [-0.3, -0.25) is 4.79 Å². The fourth-order valence-electron chi connectivity index (χ4n) is 1.74. The van der Waals surface area contributed by atoms with Gasteiger partial charge in [0.1, 0.15) is 5.82 Å². The zero-order valence-corrected chi connectivity index (χ0v) is 10.6. The van der Waals surface area contributed by atoms with Crippen molar-refractivity contribution in [1.29, 1.82) is 0 Å². The zero-order valence-electron chi connectivity index (χ0n) is 8.99. The Hall–Kier alpha value is -1.20. The molecular weight excluding hydrogens is 287 g/mol. The number of nitrogens with one attached hydrogen (secondary N) is 1. The van der Waals surface area contributed by atoms with E-state index in [4.69, 9.17) is 5.73 Å². The Kier molecular flexibility index (Phi) is 3.59. The number of nitrogens with two attached hydrogens (primary N) is 1. The van der Waals surface area contributed by atoms with Crippen LogP contribution in [0.2, 0.25) is 0 Å². The quantitative estimate of drug-likeness (QED) is 0.824. The summed E-state index contributed by atoms with van der Waals surface area (Å²) in [7, 11) is 0. The normalized spacial score (nSPS) is 22.8. The Morgan fingerprint density at radius 1 is 1.47 bits per heavy atom. The fourth-order valence-corrected chi connectivity index (χ4v) is 2.10. The lowest BCUT2D eigenvalue weighted by Crippen LogP contribution is -2.24. The minimum absolute atomic E-state index is 0.0851. The van der Waals surface area contributed by atoms with Crippen molar-refractivity contribution in [2.75, 3.05) is 5.32 Å². The van der Waals surface area contributed by atoms with Crippen molar-refractivity contribution in [2.45, 2.75) is 12.5 Å². The van der Waals surface area contributed by atoms with E-state index >= 15 is 0 Å². The summed E-state index contributed by atoms with van der Waals surface area (Å²) in [5.74, 6) is -0.956. The molecule has 0 radical (unpaired) electrons. The molecule has 1 amide bonds. The maximum absolute atomic E-state index is 13.4. The third-order valence-corrected chi connectivity index (χ3v) is 3.13. The Morgan fingerprint density at radius 3 is 2.88 bits per heavy atom. The molecule has 5 heteroatoms. The van der Waals surface area contributed by atoms with E-state index in [0.29, 0.717) is 10.9 Å². The first-order valence-electron chi connectivity index (χ1n) is 5.26. The van der Waals surface area contributed by atoms with Crippen molar-refractivity contribution in [3.8, 4) is 0 Å². The largest absolute Gasteiger partial charge is 0.324 e. The van der Waals surface area contributed by atoms with Gasteiger partial charge in [0.2, 0.25) is 5.91 Å². The van der Waals surface area contributed by atoms with Crippen LogP contribution >= 0.6 is 15.9 Å². The van der Waals surface area contributed by atoms with Gasteiger partial charge in [0, 0.05) is 10.5 Å². The van der Waals surface area contributed by atoms with Gasteiger partial charge in [-0.2, -0.15) is 0 Å². The van der Waals surface area contributed by atoms with Gasteiger partial charge in [-0.25, -0.2) is 4.39 Å². The summed E-state index contributed by atoms with van der Waals surface area (Å²) in [6.45, 7) is 0. The van der Waals surface area contributed by atoms with E-state index in [-0.39, 0.29) is 23.6 Å². The van der Waals surface area contributed by atoms with Gasteiger partial charge in [-0.1, -0.05) is 28.1 Å². The van der Waals surface area contributed by atoms with Crippen LogP contribution in [-0.2, 0) is 4.79 Å². The van der Waals surface area contributed by atoms with Crippen LogP contribution in [0.1, 0.15) is 6.42 Å². The number of carbonyl (C=O) groups is 1.